The molecule has 0 aliphatic carbocycles. The van der Waals surface area contributed by atoms with Crippen molar-refractivity contribution in [3.63, 3.8) is 0 Å². The number of halogens is 1. The van der Waals surface area contributed by atoms with Crippen molar-refractivity contribution in [3.8, 4) is 0 Å². The van der Waals surface area contributed by atoms with Crippen LogP contribution in [0.4, 0.5) is 0 Å². The van der Waals surface area contributed by atoms with Crippen LogP contribution in [0.2, 0.25) is 0 Å². The fraction of sp³-hybridized carbons (Fsp3) is 0.467. The van der Waals surface area contributed by atoms with Crippen molar-refractivity contribution in [2.24, 2.45) is 0 Å². The molecule has 0 heterocycles. The predicted molar refractivity (Wildman–Crippen MR) is 80.8 cm³/mol. The lowest BCUT2D eigenvalue weighted by atomic mass is 9.77. The van der Waals surface area contributed by atoms with E-state index in [-0.39, 0.29) is 26.2 Å². The lowest BCUT2D eigenvalue weighted by molar-refractivity contribution is -0.165. The Morgan fingerprint density at radius 2 is 1.57 bits per heavy atom. The zero-order valence-corrected chi connectivity index (χ0v) is 13.7. The Balaban J connectivity index is 3.38. The van der Waals surface area contributed by atoms with E-state index in [0.717, 1.165) is 4.47 Å². The first-order valence-electron chi connectivity index (χ1n) is 6.74. The molecular formula is C15H19BrO5. The van der Waals surface area contributed by atoms with Crippen LogP contribution in [-0.4, -0.2) is 36.9 Å². The van der Waals surface area contributed by atoms with Crippen molar-refractivity contribution in [1.82, 2.24) is 0 Å². The van der Waals surface area contributed by atoms with Crippen molar-refractivity contribution >= 4 is 27.9 Å². The summed E-state index contributed by atoms with van der Waals surface area (Å²) in [5.41, 5.74) is -1.20. The largest absolute Gasteiger partial charge is 0.465 e. The average molecular weight is 359 g/mol. The maximum atomic E-state index is 12.4. The maximum absolute atomic E-state index is 12.4. The molecule has 0 atom stereocenters. The molecule has 0 radical (unpaired) electrons. The van der Waals surface area contributed by atoms with Crippen molar-refractivity contribution < 1.29 is 24.2 Å². The summed E-state index contributed by atoms with van der Waals surface area (Å²) < 4.78 is 10.9. The molecule has 0 spiro atoms. The van der Waals surface area contributed by atoms with Crippen LogP contribution in [0.3, 0.4) is 0 Å². The molecular weight excluding hydrogens is 340 g/mol. The Morgan fingerprint density at radius 1 is 1.10 bits per heavy atom. The highest BCUT2D eigenvalue weighted by Crippen LogP contribution is 2.32. The van der Waals surface area contributed by atoms with Gasteiger partial charge in [0.15, 0.2) is 5.41 Å². The number of rotatable bonds is 7. The van der Waals surface area contributed by atoms with Gasteiger partial charge in [-0.1, -0.05) is 28.1 Å². The molecule has 0 bridgehead atoms. The number of carbonyl (C=O) groups excluding carboxylic acids is 2. The van der Waals surface area contributed by atoms with Gasteiger partial charge in [0.1, 0.15) is 0 Å². The lowest BCUT2D eigenvalue weighted by Gasteiger charge is -2.29. The van der Waals surface area contributed by atoms with Crippen LogP contribution in [0.15, 0.2) is 28.7 Å². The molecule has 0 fully saturated rings. The van der Waals surface area contributed by atoms with E-state index in [1.54, 1.807) is 38.1 Å². The van der Waals surface area contributed by atoms with E-state index >= 15 is 0 Å². The minimum absolute atomic E-state index is 0.0910. The molecule has 0 saturated heterocycles. The molecule has 1 rings (SSSR count). The van der Waals surface area contributed by atoms with Crippen LogP contribution in [0.5, 0.6) is 0 Å². The van der Waals surface area contributed by atoms with Crippen LogP contribution >= 0.6 is 15.9 Å². The normalized spacial score (nSPS) is 11.0. The summed E-state index contributed by atoms with van der Waals surface area (Å²) in [5.74, 6) is -1.42. The van der Waals surface area contributed by atoms with E-state index in [4.69, 9.17) is 9.47 Å². The molecule has 6 heteroatoms. The molecule has 0 amide bonds. The third kappa shape index (κ3) is 3.83. The zero-order valence-electron chi connectivity index (χ0n) is 12.1. The third-order valence-electron chi connectivity index (χ3n) is 3.07. The minimum Gasteiger partial charge on any atom is -0.465 e. The number of carbonyl (C=O) groups is 2. The highest BCUT2D eigenvalue weighted by atomic mass is 79.9. The second kappa shape index (κ2) is 8.14. The van der Waals surface area contributed by atoms with Gasteiger partial charge in [-0.15, -0.1) is 0 Å². The second-order valence-corrected chi connectivity index (χ2v) is 5.24. The highest BCUT2D eigenvalue weighted by Gasteiger charge is 2.50. The van der Waals surface area contributed by atoms with Gasteiger partial charge in [-0.2, -0.15) is 0 Å². The molecule has 0 aromatic heterocycles. The zero-order chi connectivity index (χ0) is 15.9. The van der Waals surface area contributed by atoms with Gasteiger partial charge in [-0.3, -0.25) is 9.59 Å². The van der Waals surface area contributed by atoms with Crippen LogP contribution in [-0.2, 0) is 24.5 Å². The first-order chi connectivity index (χ1) is 10.0. The van der Waals surface area contributed by atoms with Gasteiger partial charge in [0.2, 0.25) is 0 Å². The minimum atomic E-state index is -1.64. The van der Waals surface area contributed by atoms with Gasteiger partial charge in [0.05, 0.1) is 13.2 Å². The summed E-state index contributed by atoms with van der Waals surface area (Å²) >= 11 is 3.30. The van der Waals surface area contributed by atoms with Crippen LogP contribution in [0.25, 0.3) is 0 Å². The fourth-order valence-electron chi connectivity index (χ4n) is 2.08. The molecule has 1 N–H and O–H groups in total. The first-order valence-corrected chi connectivity index (χ1v) is 7.53. The fourth-order valence-corrected chi connectivity index (χ4v) is 2.34. The highest BCUT2D eigenvalue weighted by molar-refractivity contribution is 9.10. The van der Waals surface area contributed by atoms with Crippen LogP contribution < -0.4 is 0 Å². The molecule has 1 aromatic carbocycles. The van der Waals surface area contributed by atoms with Gasteiger partial charge in [-0.25, -0.2) is 0 Å². The molecule has 0 aliphatic heterocycles. The summed E-state index contributed by atoms with van der Waals surface area (Å²) in [6, 6.07) is 6.74. The van der Waals surface area contributed by atoms with E-state index in [1.807, 2.05) is 0 Å². The summed E-state index contributed by atoms with van der Waals surface area (Å²) in [4.78, 5) is 24.8. The van der Waals surface area contributed by atoms with Crippen LogP contribution in [0.1, 0.15) is 25.8 Å². The van der Waals surface area contributed by atoms with E-state index < -0.39 is 17.4 Å². The molecule has 0 saturated carbocycles. The first kappa shape index (κ1) is 17.7. The van der Waals surface area contributed by atoms with E-state index in [9.17, 15) is 14.7 Å². The van der Waals surface area contributed by atoms with Gasteiger partial charge in [-0.05, 0) is 31.5 Å². The number of aliphatic hydroxyl groups is 1. The third-order valence-corrected chi connectivity index (χ3v) is 3.60. The van der Waals surface area contributed by atoms with Gasteiger partial charge in [0.25, 0.3) is 0 Å². The standard InChI is InChI=1S/C15H19BrO5/c1-3-20-13(18)15(9-10-17,14(19)21-4-2)11-5-7-12(16)8-6-11/h5-8,17H,3-4,9-10H2,1-2H3. The summed E-state index contributed by atoms with van der Waals surface area (Å²) in [6.07, 6.45) is -0.0910. The Hall–Kier alpha value is -1.40. The second-order valence-electron chi connectivity index (χ2n) is 4.33. The van der Waals surface area contributed by atoms with Gasteiger partial charge in [0, 0.05) is 17.5 Å². The predicted octanol–water partition coefficient (Wildman–Crippen LogP) is 2.20. The Labute approximate surface area is 132 Å². The summed E-state index contributed by atoms with van der Waals surface area (Å²) in [5, 5.41) is 9.33. The average Bonchev–Trinajstić information content (AvgIpc) is 2.46. The van der Waals surface area contributed by atoms with Crippen molar-refractivity contribution in [2.75, 3.05) is 19.8 Å². The number of benzene rings is 1. The molecule has 21 heavy (non-hydrogen) atoms. The molecule has 0 aliphatic rings. The molecule has 5 nitrogen and oxygen atoms in total. The summed E-state index contributed by atoms with van der Waals surface area (Å²) in [6.45, 7) is 3.26. The molecule has 116 valence electrons. The smallest absolute Gasteiger partial charge is 0.328 e. The monoisotopic (exact) mass is 358 g/mol. The topological polar surface area (TPSA) is 72.8 Å². The lowest BCUT2D eigenvalue weighted by Crippen LogP contribution is -2.47. The summed E-state index contributed by atoms with van der Waals surface area (Å²) in [7, 11) is 0. The quantitative estimate of drug-likeness (QED) is 0.597. The molecule has 0 unspecified atom stereocenters. The van der Waals surface area contributed by atoms with E-state index in [1.165, 1.54) is 0 Å². The number of ether oxygens (including phenoxy) is 2. The van der Waals surface area contributed by atoms with Crippen molar-refractivity contribution in [2.45, 2.75) is 25.7 Å². The Bertz CT molecular complexity index is 465. The Kier molecular flexibility index (Phi) is 6.84. The number of esters is 2. The van der Waals surface area contributed by atoms with Crippen molar-refractivity contribution in [3.05, 3.63) is 34.3 Å². The number of aliphatic hydroxyl groups excluding tert-OH is 1. The van der Waals surface area contributed by atoms with Crippen molar-refractivity contribution in [1.29, 1.82) is 0 Å². The number of hydrogen-bond donors (Lipinski definition) is 1. The van der Waals surface area contributed by atoms with Gasteiger partial charge < -0.3 is 14.6 Å². The van der Waals surface area contributed by atoms with E-state index in [0.29, 0.717) is 5.56 Å². The molecule has 1 aromatic rings. The SMILES string of the molecule is CCOC(=O)C(CCO)(C(=O)OCC)c1ccc(Br)cc1. The number of hydrogen-bond acceptors (Lipinski definition) is 5. The Morgan fingerprint density at radius 3 is 1.95 bits per heavy atom. The van der Waals surface area contributed by atoms with E-state index in [2.05, 4.69) is 15.9 Å². The van der Waals surface area contributed by atoms with Crippen LogP contribution in [0, 0.1) is 0 Å². The van der Waals surface area contributed by atoms with Gasteiger partial charge >= 0.3 is 11.9 Å². The maximum Gasteiger partial charge on any atom is 0.328 e.